The minimum Gasteiger partial charge on any atom is -0.450 e. The molecule has 2 N–H and O–H groups in total. The fourth-order valence-electron chi connectivity index (χ4n) is 1.52. The Bertz CT molecular complexity index is 744. The molecule has 20 heavy (non-hydrogen) atoms. The van der Waals surface area contributed by atoms with E-state index in [4.69, 9.17) is 9.88 Å². The van der Waals surface area contributed by atoms with Crippen molar-refractivity contribution in [2.45, 2.75) is 4.90 Å². The van der Waals surface area contributed by atoms with Gasteiger partial charge in [-0.25, -0.2) is 13.6 Å². The summed E-state index contributed by atoms with van der Waals surface area (Å²) < 4.78 is 27.7. The molecule has 2 rings (SSSR count). The third kappa shape index (κ3) is 3.11. The molecule has 7 nitrogen and oxygen atoms in total. The van der Waals surface area contributed by atoms with Gasteiger partial charge in [0.1, 0.15) is 5.75 Å². The van der Waals surface area contributed by atoms with Crippen molar-refractivity contribution in [3.63, 3.8) is 0 Å². The summed E-state index contributed by atoms with van der Waals surface area (Å²) in [6.07, 6.45) is 0. The third-order valence-corrected chi connectivity index (χ3v) is 3.34. The molecule has 0 bridgehead atoms. The van der Waals surface area contributed by atoms with Gasteiger partial charge in [-0.05, 0) is 24.3 Å². The summed E-state index contributed by atoms with van der Waals surface area (Å²) in [5, 5.41) is 15.9. The number of nitro groups is 1. The molecule has 2 aromatic carbocycles. The number of para-hydroxylation sites is 1. The number of benzene rings is 2. The molecule has 0 spiro atoms. The number of sulfonamides is 1. The summed E-state index contributed by atoms with van der Waals surface area (Å²) in [5.74, 6) is 0.340. The third-order valence-electron chi connectivity index (χ3n) is 2.43. The van der Waals surface area contributed by atoms with Crippen LogP contribution in [0, 0.1) is 10.1 Å². The zero-order chi connectivity index (χ0) is 14.8. The highest BCUT2D eigenvalue weighted by Gasteiger charge is 2.20. The Balaban J connectivity index is 2.46. The average Bonchev–Trinajstić information content (AvgIpc) is 2.38. The smallest absolute Gasteiger partial charge is 0.312 e. The Hall–Kier alpha value is -2.45. The summed E-state index contributed by atoms with van der Waals surface area (Å²) in [5.41, 5.74) is -0.472. The maximum absolute atomic E-state index is 11.2. The monoisotopic (exact) mass is 294 g/mol. The predicted molar refractivity (Wildman–Crippen MR) is 71.0 cm³/mol. The summed E-state index contributed by atoms with van der Waals surface area (Å²) in [6.45, 7) is 0. The van der Waals surface area contributed by atoms with E-state index in [1.807, 2.05) is 0 Å². The van der Waals surface area contributed by atoms with E-state index in [0.29, 0.717) is 5.75 Å². The van der Waals surface area contributed by atoms with Crippen LogP contribution in [0.3, 0.4) is 0 Å². The summed E-state index contributed by atoms with van der Waals surface area (Å²) in [7, 11) is -4.01. The van der Waals surface area contributed by atoms with E-state index in [0.717, 1.165) is 12.1 Å². The quantitative estimate of drug-likeness (QED) is 0.684. The Morgan fingerprint density at radius 3 is 2.30 bits per heavy atom. The van der Waals surface area contributed by atoms with Crippen molar-refractivity contribution in [2.75, 3.05) is 0 Å². The van der Waals surface area contributed by atoms with Gasteiger partial charge in [-0.2, -0.15) is 0 Å². The number of primary sulfonamides is 1. The maximum atomic E-state index is 11.2. The number of ether oxygens (including phenoxy) is 1. The van der Waals surface area contributed by atoms with E-state index >= 15 is 0 Å². The van der Waals surface area contributed by atoms with Crippen molar-refractivity contribution in [1.29, 1.82) is 0 Å². The second-order valence-electron chi connectivity index (χ2n) is 3.85. The first kappa shape index (κ1) is 14.0. The van der Waals surface area contributed by atoms with Crippen molar-refractivity contribution in [3.8, 4) is 11.5 Å². The van der Waals surface area contributed by atoms with Crippen LogP contribution in [-0.4, -0.2) is 13.3 Å². The molecule has 0 amide bonds. The molecule has 0 saturated heterocycles. The molecular formula is C12H10N2O5S. The lowest BCUT2D eigenvalue weighted by molar-refractivity contribution is -0.385. The van der Waals surface area contributed by atoms with Crippen LogP contribution < -0.4 is 9.88 Å². The Labute approximate surface area is 114 Å². The van der Waals surface area contributed by atoms with Gasteiger partial charge in [0, 0.05) is 6.07 Å². The lowest BCUT2D eigenvalue weighted by Crippen LogP contribution is -2.12. The van der Waals surface area contributed by atoms with Crippen LogP contribution in [0.15, 0.2) is 53.4 Å². The Morgan fingerprint density at radius 2 is 1.75 bits per heavy atom. The van der Waals surface area contributed by atoms with Crippen LogP contribution >= 0.6 is 0 Å². The van der Waals surface area contributed by atoms with Gasteiger partial charge >= 0.3 is 5.69 Å². The van der Waals surface area contributed by atoms with Gasteiger partial charge in [-0.15, -0.1) is 0 Å². The number of hydrogen-bond acceptors (Lipinski definition) is 5. The van der Waals surface area contributed by atoms with Crippen molar-refractivity contribution >= 4 is 15.7 Å². The first-order chi connectivity index (χ1) is 9.38. The largest absolute Gasteiger partial charge is 0.450 e. The predicted octanol–water partition coefficient (Wildman–Crippen LogP) is 2.03. The van der Waals surface area contributed by atoms with Crippen molar-refractivity contribution in [1.82, 2.24) is 0 Å². The SMILES string of the molecule is NS(=O)(=O)c1ccc(Oc2ccccc2)c([N+](=O)[O-])c1. The van der Waals surface area contributed by atoms with E-state index in [1.165, 1.54) is 6.07 Å². The van der Waals surface area contributed by atoms with Crippen molar-refractivity contribution in [2.24, 2.45) is 5.14 Å². The number of rotatable bonds is 4. The van der Waals surface area contributed by atoms with Crippen LogP contribution in [0.5, 0.6) is 11.5 Å². The van der Waals surface area contributed by atoms with Gasteiger partial charge in [0.25, 0.3) is 0 Å². The summed E-state index contributed by atoms with van der Waals surface area (Å²) in [6, 6.07) is 11.7. The van der Waals surface area contributed by atoms with E-state index in [9.17, 15) is 18.5 Å². The highest BCUT2D eigenvalue weighted by atomic mass is 32.2. The van der Waals surface area contributed by atoms with E-state index in [2.05, 4.69) is 0 Å². The fourth-order valence-corrected chi connectivity index (χ4v) is 2.05. The van der Waals surface area contributed by atoms with Crippen LogP contribution in [-0.2, 0) is 10.0 Å². The molecule has 2 aromatic rings. The second kappa shape index (κ2) is 5.27. The highest BCUT2D eigenvalue weighted by Crippen LogP contribution is 2.32. The van der Waals surface area contributed by atoms with Gasteiger partial charge in [0.2, 0.25) is 15.8 Å². The highest BCUT2D eigenvalue weighted by molar-refractivity contribution is 7.89. The molecule has 0 aliphatic heterocycles. The number of nitro benzene ring substituents is 1. The number of nitrogens with two attached hydrogens (primary N) is 1. The van der Waals surface area contributed by atoms with Crippen LogP contribution in [0.25, 0.3) is 0 Å². The van der Waals surface area contributed by atoms with Crippen molar-refractivity contribution < 1.29 is 18.1 Å². The second-order valence-corrected chi connectivity index (χ2v) is 5.41. The first-order valence-corrected chi connectivity index (χ1v) is 6.97. The summed E-state index contributed by atoms with van der Waals surface area (Å²) >= 11 is 0. The van der Waals surface area contributed by atoms with Gasteiger partial charge in [0.05, 0.1) is 9.82 Å². The minimum absolute atomic E-state index is 0.0615. The molecule has 0 radical (unpaired) electrons. The molecule has 0 aliphatic rings. The average molecular weight is 294 g/mol. The lowest BCUT2D eigenvalue weighted by atomic mass is 10.3. The molecule has 8 heteroatoms. The van der Waals surface area contributed by atoms with E-state index < -0.39 is 20.6 Å². The fraction of sp³-hybridized carbons (Fsp3) is 0. The molecule has 0 aromatic heterocycles. The molecule has 0 unspecified atom stereocenters. The zero-order valence-corrected chi connectivity index (χ0v) is 10.9. The molecule has 0 fully saturated rings. The molecule has 104 valence electrons. The van der Waals surface area contributed by atoms with Crippen molar-refractivity contribution in [3.05, 3.63) is 58.6 Å². The lowest BCUT2D eigenvalue weighted by Gasteiger charge is -2.07. The Morgan fingerprint density at radius 1 is 1.10 bits per heavy atom. The standard InChI is InChI=1S/C12H10N2O5S/c13-20(17,18)10-6-7-12(11(8-10)14(15)16)19-9-4-2-1-3-5-9/h1-8H,(H2,13,17,18). The zero-order valence-electron chi connectivity index (χ0n) is 10.1. The molecular weight excluding hydrogens is 284 g/mol. The maximum Gasteiger partial charge on any atom is 0.312 e. The van der Waals surface area contributed by atoms with Gasteiger partial charge in [0.15, 0.2) is 0 Å². The number of nitrogens with zero attached hydrogens (tertiary/aromatic N) is 1. The molecule has 0 saturated carbocycles. The number of hydrogen-bond donors (Lipinski definition) is 1. The van der Waals surface area contributed by atoms with E-state index in [1.54, 1.807) is 30.3 Å². The van der Waals surface area contributed by atoms with Crippen LogP contribution in [0.1, 0.15) is 0 Å². The van der Waals surface area contributed by atoms with E-state index in [-0.39, 0.29) is 10.6 Å². The van der Waals surface area contributed by atoms with Gasteiger partial charge in [-0.3, -0.25) is 10.1 Å². The first-order valence-electron chi connectivity index (χ1n) is 5.42. The minimum atomic E-state index is -4.01. The molecule has 0 atom stereocenters. The molecule has 0 heterocycles. The van der Waals surface area contributed by atoms with Gasteiger partial charge in [-0.1, -0.05) is 18.2 Å². The van der Waals surface area contributed by atoms with Crippen LogP contribution in [0.4, 0.5) is 5.69 Å². The topological polar surface area (TPSA) is 113 Å². The Kier molecular flexibility index (Phi) is 3.68. The van der Waals surface area contributed by atoms with Gasteiger partial charge < -0.3 is 4.74 Å². The molecule has 0 aliphatic carbocycles. The summed E-state index contributed by atoms with van der Waals surface area (Å²) in [4.78, 5) is 9.91. The van der Waals surface area contributed by atoms with Crippen LogP contribution in [0.2, 0.25) is 0 Å². The normalized spacial score (nSPS) is 11.1.